The average molecular weight is 460 g/mol. The van der Waals surface area contributed by atoms with Crippen molar-refractivity contribution in [3.63, 3.8) is 0 Å². The van der Waals surface area contributed by atoms with Crippen molar-refractivity contribution in [2.75, 3.05) is 24.3 Å². The van der Waals surface area contributed by atoms with Crippen molar-refractivity contribution in [2.45, 2.75) is 52.4 Å². The van der Waals surface area contributed by atoms with Crippen molar-refractivity contribution in [1.82, 2.24) is 0 Å². The number of anilines is 2. The molecule has 0 aliphatic heterocycles. The maximum Gasteiger partial charge on any atom is 0.259 e. The molecular formula is C28H33N3OS. The van der Waals surface area contributed by atoms with E-state index in [2.05, 4.69) is 54.4 Å². The Bertz CT molecular complexity index is 1160. The van der Waals surface area contributed by atoms with Gasteiger partial charge in [0, 0.05) is 36.6 Å². The number of thiophene rings is 1. The molecule has 0 atom stereocenters. The number of nitrogens with zero attached hydrogens (tertiary/aromatic N) is 2. The normalized spacial score (nSPS) is 13.9. The monoisotopic (exact) mass is 459 g/mol. The fourth-order valence-corrected chi connectivity index (χ4v) is 5.47. The van der Waals surface area contributed by atoms with Gasteiger partial charge in [-0.1, -0.05) is 31.0 Å². The summed E-state index contributed by atoms with van der Waals surface area (Å²) in [5.74, 6) is -0.0496. The third-order valence-electron chi connectivity index (χ3n) is 6.38. The van der Waals surface area contributed by atoms with Gasteiger partial charge in [-0.2, -0.15) is 0 Å². The van der Waals surface area contributed by atoms with Gasteiger partial charge in [-0.3, -0.25) is 4.79 Å². The number of hydrogen-bond acceptors (Lipinski definition) is 4. The van der Waals surface area contributed by atoms with Gasteiger partial charge in [0.2, 0.25) is 0 Å². The van der Waals surface area contributed by atoms with Crippen LogP contribution in [0.4, 0.5) is 16.4 Å². The molecule has 5 heteroatoms. The highest BCUT2D eigenvalue weighted by atomic mass is 32.1. The summed E-state index contributed by atoms with van der Waals surface area (Å²) in [5, 5.41) is 3.96. The molecule has 1 amide bonds. The number of carbonyl (C=O) groups excluding carboxylic acids is 1. The average Bonchev–Trinajstić information content (AvgIpc) is 3.11. The van der Waals surface area contributed by atoms with E-state index in [1.165, 1.54) is 40.8 Å². The first-order valence-electron chi connectivity index (χ1n) is 11.8. The zero-order valence-electron chi connectivity index (χ0n) is 20.1. The zero-order chi connectivity index (χ0) is 23.4. The molecule has 1 aromatic heterocycles. The molecule has 1 aliphatic carbocycles. The Morgan fingerprint density at radius 3 is 2.39 bits per heavy atom. The molecule has 0 unspecified atom stereocenters. The fourth-order valence-electron chi connectivity index (χ4n) is 4.23. The summed E-state index contributed by atoms with van der Waals surface area (Å²) in [6.45, 7) is 4.16. The van der Waals surface area contributed by atoms with Crippen LogP contribution in [0.15, 0.2) is 47.5 Å². The molecular weight excluding hydrogens is 426 g/mol. The number of carbonyl (C=O) groups is 1. The molecule has 1 heterocycles. The maximum atomic E-state index is 13.5. The molecule has 4 rings (SSSR count). The fraction of sp³-hybridized carbons (Fsp3) is 0.357. The molecule has 0 fully saturated rings. The highest BCUT2D eigenvalue weighted by molar-refractivity contribution is 7.16. The van der Waals surface area contributed by atoms with Crippen molar-refractivity contribution >= 4 is 39.8 Å². The van der Waals surface area contributed by atoms with E-state index in [-0.39, 0.29) is 5.91 Å². The molecule has 172 valence electrons. The second-order valence-electron chi connectivity index (χ2n) is 9.10. The van der Waals surface area contributed by atoms with Gasteiger partial charge in [-0.15, -0.1) is 11.3 Å². The van der Waals surface area contributed by atoms with Crippen LogP contribution >= 0.6 is 11.3 Å². The van der Waals surface area contributed by atoms with Crippen LogP contribution in [0.25, 0.3) is 0 Å². The summed E-state index contributed by atoms with van der Waals surface area (Å²) in [6.07, 6.45) is 8.67. The van der Waals surface area contributed by atoms with Crippen LogP contribution in [0, 0.1) is 13.8 Å². The molecule has 1 aliphatic rings. The minimum atomic E-state index is -0.0496. The quantitative estimate of drug-likeness (QED) is 0.414. The molecule has 0 saturated heterocycles. The highest BCUT2D eigenvalue weighted by Gasteiger charge is 2.24. The Labute approximate surface area is 201 Å². The first-order chi connectivity index (χ1) is 15.9. The Kier molecular flexibility index (Phi) is 7.29. The van der Waals surface area contributed by atoms with Gasteiger partial charge in [-0.05, 0) is 86.1 Å². The molecule has 0 spiro atoms. The Morgan fingerprint density at radius 2 is 1.70 bits per heavy atom. The number of amides is 1. The Hall–Kier alpha value is -2.92. The predicted molar refractivity (Wildman–Crippen MR) is 142 cm³/mol. The van der Waals surface area contributed by atoms with Crippen molar-refractivity contribution in [3.8, 4) is 0 Å². The number of aryl methyl sites for hydroxylation is 3. The second kappa shape index (κ2) is 10.3. The van der Waals surface area contributed by atoms with Gasteiger partial charge in [0.15, 0.2) is 0 Å². The van der Waals surface area contributed by atoms with Gasteiger partial charge in [0.05, 0.1) is 5.56 Å². The number of hydrogen-bond donors (Lipinski definition) is 1. The highest BCUT2D eigenvalue weighted by Crippen LogP contribution is 2.39. The number of nitrogens with one attached hydrogen (secondary N) is 1. The molecule has 0 saturated carbocycles. The van der Waals surface area contributed by atoms with Crippen molar-refractivity contribution in [2.24, 2.45) is 4.99 Å². The molecule has 2 aromatic carbocycles. The zero-order valence-corrected chi connectivity index (χ0v) is 20.9. The minimum absolute atomic E-state index is 0.0496. The molecule has 0 bridgehead atoms. The van der Waals surface area contributed by atoms with Gasteiger partial charge in [0.1, 0.15) is 5.00 Å². The Balaban J connectivity index is 1.67. The summed E-state index contributed by atoms with van der Waals surface area (Å²) in [4.78, 5) is 21.7. The second-order valence-corrected chi connectivity index (χ2v) is 10.2. The summed E-state index contributed by atoms with van der Waals surface area (Å²) < 4.78 is 0. The van der Waals surface area contributed by atoms with Crippen LogP contribution in [-0.4, -0.2) is 26.2 Å². The minimum Gasteiger partial charge on any atom is -0.378 e. The van der Waals surface area contributed by atoms with Crippen LogP contribution in [-0.2, 0) is 12.8 Å². The Morgan fingerprint density at radius 1 is 0.970 bits per heavy atom. The van der Waals surface area contributed by atoms with E-state index < -0.39 is 0 Å². The van der Waals surface area contributed by atoms with Crippen molar-refractivity contribution in [1.29, 1.82) is 0 Å². The first kappa shape index (κ1) is 23.2. The maximum absolute atomic E-state index is 13.5. The van der Waals surface area contributed by atoms with E-state index >= 15 is 0 Å². The third kappa shape index (κ3) is 5.53. The van der Waals surface area contributed by atoms with Gasteiger partial charge >= 0.3 is 0 Å². The van der Waals surface area contributed by atoms with E-state index in [0.29, 0.717) is 0 Å². The first-order valence-corrected chi connectivity index (χ1v) is 12.6. The molecule has 33 heavy (non-hydrogen) atoms. The summed E-state index contributed by atoms with van der Waals surface area (Å²) in [6, 6.07) is 14.4. The van der Waals surface area contributed by atoms with E-state index in [0.717, 1.165) is 46.8 Å². The van der Waals surface area contributed by atoms with Crippen LogP contribution in [0.5, 0.6) is 0 Å². The lowest BCUT2D eigenvalue weighted by atomic mass is 9.96. The summed E-state index contributed by atoms with van der Waals surface area (Å²) in [7, 11) is 4.07. The third-order valence-corrected chi connectivity index (χ3v) is 7.58. The van der Waals surface area contributed by atoms with Gasteiger partial charge < -0.3 is 10.2 Å². The molecule has 4 nitrogen and oxygen atoms in total. The van der Waals surface area contributed by atoms with Gasteiger partial charge in [-0.25, -0.2) is 4.99 Å². The summed E-state index contributed by atoms with van der Waals surface area (Å²) >= 11 is 1.69. The number of fused-ring (bicyclic) bond motifs is 1. The predicted octanol–water partition coefficient (Wildman–Crippen LogP) is 7.09. The van der Waals surface area contributed by atoms with Crippen LogP contribution in [0.2, 0.25) is 0 Å². The van der Waals surface area contributed by atoms with E-state index in [1.807, 2.05) is 32.4 Å². The SMILES string of the molecule is Cc1ccc(NC(=O)c2c(N=Cc3ccc(N(C)C)cc3)sc3c2CCCCCC3)cc1C. The smallest absolute Gasteiger partial charge is 0.259 e. The van der Waals surface area contributed by atoms with Crippen LogP contribution in [0.1, 0.15) is 63.2 Å². The van der Waals surface area contributed by atoms with Crippen molar-refractivity contribution in [3.05, 3.63) is 75.2 Å². The van der Waals surface area contributed by atoms with Crippen LogP contribution in [0.3, 0.4) is 0 Å². The number of rotatable bonds is 5. The van der Waals surface area contributed by atoms with Gasteiger partial charge in [0.25, 0.3) is 5.91 Å². The van der Waals surface area contributed by atoms with E-state index in [9.17, 15) is 4.79 Å². The number of aliphatic imine (C=N–C) groups is 1. The largest absolute Gasteiger partial charge is 0.378 e. The lowest BCUT2D eigenvalue weighted by Crippen LogP contribution is -2.14. The molecule has 3 aromatic rings. The van der Waals surface area contributed by atoms with Crippen molar-refractivity contribution < 1.29 is 4.79 Å². The lowest BCUT2D eigenvalue weighted by molar-refractivity contribution is 0.102. The van der Waals surface area contributed by atoms with Crippen LogP contribution < -0.4 is 10.2 Å². The topological polar surface area (TPSA) is 44.7 Å². The molecule has 0 radical (unpaired) electrons. The van der Waals surface area contributed by atoms with E-state index in [1.54, 1.807) is 11.3 Å². The van der Waals surface area contributed by atoms with E-state index in [4.69, 9.17) is 4.99 Å². The lowest BCUT2D eigenvalue weighted by Gasteiger charge is -2.12. The summed E-state index contributed by atoms with van der Waals surface area (Å²) in [5.41, 5.74) is 7.38. The number of benzene rings is 2. The molecule has 1 N–H and O–H groups in total. The standard InChI is InChI=1S/C28H33N3OS/c1-19-11-14-22(17-20(19)2)30-27(32)26-24-9-7-5-6-8-10-25(24)33-28(26)29-18-21-12-15-23(16-13-21)31(3)4/h11-18H,5-10H2,1-4H3,(H,30,32).